The number of carbonyl (C=O) groups is 1. The molecule has 0 saturated heterocycles. The van der Waals surface area contributed by atoms with Crippen molar-refractivity contribution >= 4 is 5.97 Å². The minimum absolute atomic E-state index is 0.314. The van der Waals surface area contributed by atoms with Crippen molar-refractivity contribution in [3.63, 3.8) is 0 Å². The Morgan fingerprint density at radius 3 is 2.23 bits per heavy atom. The summed E-state index contributed by atoms with van der Waals surface area (Å²) in [5.41, 5.74) is -0.163. The molecule has 1 N–H and O–H groups in total. The summed E-state index contributed by atoms with van der Waals surface area (Å²) < 4.78 is 0. The Morgan fingerprint density at radius 2 is 1.85 bits per heavy atom. The van der Waals surface area contributed by atoms with E-state index in [2.05, 4.69) is 20.8 Å². The summed E-state index contributed by atoms with van der Waals surface area (Å²) >= 11 is 0. The smallest absolute Gasteiger partial charge is 0.309 e. The molecule has 1 aliphatic carbocycles. The summed E-state index contributed by atoms with van der Waals surface area (Å²) in [5.74, 6) is -0.128. The fraction of sp³-hybridized carbons (Fsp3) is 0.909. The Bertz CT molecular complexity index is 220. The second kappa shape index (κ2) is 3.00. The highest BCUT2D eigenvalue weighted by Crippen LogP contribution is 2.48. The Balaban J connectivity index is 2.76. The Hall–Kier alpha value is -0.530. The lowest BCUT2D eigenvalue weighted by Crippen LogP contribution is -2.40. The highest BCUT2D eigenvalue weighted by Gasteiger charge is 2.44. The van der Waals surface area contributed by atoms with Gasteiger partial charge in [-0.05, 0) is 37.5 Å². The first-order chi connectivity index (χ1) is 5.78. The van der Waals surface area contributed by atoms with Crippen molar-refractivity contribution in [3.05, 3.63) is 0 Å². The van der Waals surface area contributed by atoms with E-state index in [9.17, 15) is 4.79 Å². The zero-order valence-electron chi connectivity index (χ0n) is 9.05. The lowest BCUT2D eigenvalue weighted by Gasteiger charge is -2.43. The fourth-order valence-corrected chi connectivity index (χ4v) is 2.09. The lowest BCUT2D eigenvalue weighted by atomic mass is 9.60. The second-order valence-corrected chi connectivity index (χ2v) is 5.46. The van der Waals surface area contributed by atoms with Crippen molar-refractivity contribution in [3.8, 4) is 0 Å². The van der Waals surface area contributed by atoms with Gasteiger partial charge in [-0.1, -0.05) is 20.8 Å². The van der Waals surface area contributed by atoms with Gasteiger partial charge in [-0.2, -0.15) is 0 Å². The Morgan fingerprint density at radius 1 is 1.31 bits per heavy atom. The summed E-state index contributed by atoms with van der Waals surface area (Å²) in [4.78, 5) is 11.0. The van der Waals surface area contributed by atoms with Gasteiger partial charge in [-0.3, -0.25) is 4.79 Å². The van der Waals surface area contributed by atoms with E-state index in [1.807, 2.05) is 6.92 Å². The van der Waals surface area contributed by atoms with Gasteiger partial charge in [0, 0.05) is 0 Å². The predicted octanol–water partition coefficient (Wildman–Crippen LogP) is 2.92. The van der Waals surface area contributed by atoms with Crippen LogP contribution in [0.4, 0.5) is 0 Å². The molecule has 0 radical (unpaired) electrons. The first-order valence-electron chi connectivity index (χ1n) is 5.01. The molecule has 2 heteroatoms. The van der Waals surface area contributed by atoms with Crippen LogP contribution in [0, 0.1) is 16.7 Å². The average molecular weight is 184 g/mol. The standard InChI is InChI=1S/C11H20O2/c1-8-7-11(4,9(12)13)6-5-10(8,2)3/h8H,5-7H2,1-4H3,(H,12,13)/t8-,11-/m1/s1. The van der Waals surface area contributed by atoms with Crippen molar-refractivity contribution in [2.75, 3.05) is 0 Å². The molecule has 0 aromatic heterocycles. The zero-order chi connectivity index (χ0) is 10.3. The van der Waals surface area contributed by atoms with E-state index in [-0.39, 0.29) is 0 Å². The number of carboxylic acids is 1. The van der Waals surface area contributed by atoms with Crippen LogP contribution in [0.25, 0.3) is 0 Å². The zero-order valence-corrected chi connectivity index (χ0v) is 9.05. The maximum atomic E-state index is 11.0. The minimum atomic E-state index is -0.630. The van der Waals surface area contributed by atoms with Crippen molar-refractivity contribution in [2.24, 2.45) is 16.7 Å². The Kier molecular flexibility index (Phi) is 2.44. The first-order valence-corrected chi connectivity index (χ1v) is 5.01. The van der Waals surface area contributed by atoms with E-state index in [0.29, 0.717) is 11.3 Å². The molecular weight excluding hydrogens is 164 g/mol. The van der Waals surface area contributed by atoms with E-state index in [0.717, 1.165) is 19.3 Å². The predicted molar refractivity (Wildman–Crippen MR) is 52.5 cm³/mol. The van der Waals surface area contributed by atoms with Gasteiger partial charge in [0.1, 0.15) is 0 Å². The lowest BCUT2D eigenvalue weighted by molar-refractivity contribution is -0.152. The van der Waals surface area contributed by atoms with Crippen LogP contribution in [-0.2, 0) is 4.79 Å². The maximum absolute atomic E-state index is 11.0. The van der Waals surface area contributed by atoms with Crippen molar-refractivity contribution < 1.29 is 9.90 Å². The molecule has 0 spiro atoms. The van der Waals surface area contributed by atoms with Crippen LogP contribution in [0.2, 0.25) is 0 Å². The van der Waals surface area contributed by atoms with Crippen LogP contribution in [0.15, 0.2) is 0 Å². The van der Waals surface area contributed by atoms with Crippen LogP contribution >= 0.6 is 0 Å². The first kappa shape index (κ1) is 10.6. The molecule has 0 aliphatic heterocycles. The van der Waals surface area contributed by atoms with E-state index in [1.54, 1.807) is 0 Å². The van der Waals surface area contributed by atoms with Crippen LogP contribution in [-0.4, -0.2) is 11.1 Å². The van der Waals surface area contributed by atoms with Crippen molar-refractivity contribution in [2.45, 2.75) is 47.0 Å². The van der Waals surface area contributed by atoms with Crippen LogP contribution in [0.5, 0.6) is 0 Å². The van der Waals surface area contributed by atoms with Crippen LogP contribution in [0.3, 0.4) is 0 Å². The molecule has 2 atom stereocenters. The van der Waals surface area contributed by atoms with Gasteiger partial charge in [0.15, 0.2) is 0 Å². The summed E-state index contributed by atoms with van der Waals surface area (Å²) in [6.45, 7) is 8.51. The molecule has 0 unspecified atom stereocenters. The van der Waals surface area contributed by atoms with Gasteiger partial charge in [0.2, 0.25) is 0 Å². The normalized spacial score (nSPS) is 38.6. The number of carboxylic acid groups (broad SMARTS) is 1. The second-order valence-electron chi connectivity index (χ2n) is 5.46. The number of hydrogen-bond acceptors (Lipinski definition) is 1. The molecule has 0 aromatic rings. The van der Waals surface area contributed by atoms with Crippen LogP contribution < -0.4 is 0 Å². The summed E-state index contributed by atoms with van der Waals surface area (Å²) in [5, 5.41) is 9.09. The van der Waals surface area contributed by atoms with Crippen molar-refractivity contribution in [1.82, 2.24) is 0 Å². The molecule has 1 aliphatic rings. The molecule has 2 nitrogen and oxygen atoms in total. The van der Waals surface area contributed by atoms with Gasteiger partial charge in [-0.25, -0.2) is 0 Å². The molecule has 1 fully saturated rings. The van der Waals surface area contributed by atoms with Gasteiger partial charge in [0.25, 0.3) is 0 Å². The largest absolute Gasteiger partial charge is 0.481 e. The molecule has 0 aromatic carbocycles. The van der Waals surface area contributed by atoms with E-state index < -0.39 is 11.4 Å². The molecule has 0 heterocycles. The minimum Gasteiger partial charge on any atom is -0.481 e. The number of hydrogen-bond donors (Lipinski definition) is 1. The third-order valence-corrected chi connectivity index (χ3v) is 3.93. The molecule has 1 saturated carbocycles. The van der Waals surface area contributed by atoms with Crippen LogP contribution in [0.1, 0.15) is 47.0 Å². The third kappa shape index (κ3) is 1.87. The third-order valence-electron chi connectivity index (χ3n) is 3.93. The summed E-state index contributed by atoms with van der Waals surface area (Å²) in [6.07, 6.45) is 2.66. The highest BCUT2D eigenvalue weighted by molar-refractivity contribution is 5.74. The summed E-state index contributed by atoms with van der Waals surface area (Å²) in [6, 6.07) is 0. The highest BCUT2D eigenvalue weighted by atomic mass is 16.4. The summed E-state index contributed by atoms with van der Waals surface area (Å²) in [7, 11) is 0. The number of rotatable bonds is 1. The molecule has 13 heavy (non-hydrogen) atoms. The molecule has 76 valence electrons. The van der Waals surface area contributed by atoms with Gasteiger partial charge >= 0.3 is 5.97 Å². The van der Waals surface area contributed by atoms with Gasteiger partial charge in [-0.15, -0.1) is 0 Å². The van der Waals surface area contributed by atoms with E-state index >= 15 is 0 Å². The SMILES string of the molecule is C[C@@H]1C[C@](C)(C(=O)O)CCC1(C)C. The van der Waals surface area contributed by atoms with E-state index in [4.69, 9.17) is 5.11 Å². The quantitative estimate of drug-likeness (QED) is 0.680. The maximum Gasteiger partial charge on any atom is 0.309 e. The molecule has 0 amide bonds. The van der Waals surface area contributed by atoms with Gasteiger partial charge in [0.05, 0.1) is 5.41 Å². The van der Waals surface area contributed by atoms with Gasteiger partial charge < -0.3 is 5.11 Å². The Labute approximate surface area is 80.3 Å². The van der Waals surface area contributed by atoms with Crippen molar-refractivity contribution in [1.29, 1.82) is 0 Å². The van der Waals surface area contributed by atoms with E-state index in [1.165, 1.54) is 0 Å². The molecular formula is C11H20O2. The monoisotopic (exact) mass is 184 g/mol. The average Bonchev–Trinajstić information content (AvgIpc) is 1.98. The topological polar surface area (TPSA) is 37.3 Å². The molecule has 1 rings (SSSR count). The number of aliphatic carboxylic acids is 1. The fourth-order valence-electron chi connectivity index (χ4n) is 2.09. The molecule has 0 bridgehead atoms.